The average Bonchev–Trinajstić information content (AvgIpc) is 2.22. The van der Waals surface area contributed by atoms with Gasteiger partial charge in [-0.25, -0.2) is 0 Å². The Hall–Kier alpha value is -0.330. The van der Waals surface area contributed by atoms with E-state index < -0.39 is 0 Å². The Bertz CT molecular complexity index is 358. The quantitative estimate of drug-likeness (QED) is 0.643. The summed E-state index contributed by atoms with van der Waals surface area (Å²) in [5.74, 6) is -0.0171. The lowest BCUT2D eigenvalue weighted by Crippen LogP contribution is -2.26. The van der Waals surface area contributed by atoms with Gasteiger partial charge in [0.25, 0.3) is 5.91 Å². The zero-order valence-corrected chi connectivity index (χ0v) is 12.1. The number of amides is 1. The minimum atomic E-state index is -0.0171. The first-order chi connectivity index (χ1) is 7.15. The Balaban J connectivity index is 0.00000225. The molecule has 1 rings (SSSR count). The van der Waals surface area contributed by atoms with Gasteiger partial charge in [0.05, 0.1) is 5.56 Å². The molecule has 0 aliphatic heterocycles. The van der Waals surface area contributed by atoms with E-state index in [1.165, 1.54) is 0 Å². The molecule has 0 radical (unpaired) electrons. The van der Waals surface area contributed by atoms with Crippen molar-refractivity contribution in [3.8, 4) is 0 Å². The summed E-state index contributed by atoms with van der Waals surface area (Å²) in [6, 6.07) is 5.85. The van der Waals surface area contributed by atoms with Crippen molar-refractivity contribution in [1.82, 2.24) is 5.32 Å². The molecule has 0 saturated heterocycles. The molecule has 0 fully saturated rings. The molecule has 0 atom stereocenters. The number of halogens is 2. The number of carbonyl (C=O) groups is 1. The molecule has 0 aromatic heterocycles. The maximum Gasteiger partial charge on any atom is 0.252 e. The van der Waals surface area contributed by atoms with Gasteiger partial charge in [-0.3, -0.25) is 4.79 Å². The predicted octanol–water partition coefficient (Wildman–Crippen LogP) is 2.10. The van der Waals surface area contributed by atoms with Crippen molar-refractivity contribution in [1.29, 1.82) is 0 Å². The van der Waals surface area contributed by atoms with Crippen molar-refractivity contribution in [2.75, 3.05) is 13.1 Å². The van der Waals surface area contributed by atoms with Gasteiger partial charge in [0, 0.05) is 10.1 Å². The number of hydrogen-bond acceptors (Lipinski definition) is 2. The van der Waals surface area contributed by atoms with E-state index in [-0.39, 0.29) is 18.3 Å². The maximum atomic E-state index is 11.7. The Labute approximate surface area is 116 Å². The normalized spacial score (nSPS) is 9.44. The highest BCUT2D eigenvalue weighted by Crippen LogP contribution is 2.13. The van der Waals surface area contributed by atoms with E-state index in [4.69, 9.17) is 5.73 Å². The lowest BCUT2D eigenvalue weighted by atomic mass is 10.1. The number of nitrogens with one attached hydrogen (secondary N) is 1. The molecule has 0 unspecified atom stereocenters. The maximum absolute atomic E-state index is 11.7. The number of nitrogens with two attached hydrogens (primary N) is 1. The summed E-state index contributed by atoms with van der Waals surface area (Å²) in [4.78, 5) is 11.7. The van der Waals surface area contributed by atoms with Crippen molar-refractivity contribution in [3.63, 3.8) is 0 Å². The Morgan fingerprint density at radius 2 is 2.19 bits per heavy atom. The monoisotopic (exact) mass is 354 g/mol. The first-order valence-electron chi connectivity index (χ1n) is 4.89. The van der Waals surface area contributed by atoms with Crippen LogP contribution in [0.2, 0.25) is 0 Å². The average molecular weight is 355 g/mol. The highest BCUT2D eigenvalue weighted by molar-refractivity contribution is 14.1. The van der Waals surface area contributed by atoms with Gasteiger partial charge in [0.15, 0.2) is 0 Å². The molecule has 1 aromatic carbocycles. The zero-order valence-electron chi connectivity index (χ0n) is 9.13. The summed E-state index contributed by atoms with van der Waals surface area (Å²) in [5, 5.41) is 2.84. The van der Waals surface area contributed by atoms with E-state index in [1.807, 2.05) is 25.1 Å². The fraction of sp³-hybridized carbons (Fsp3) is 0.364. The molecule has 1 amide bonds. The lowest BCUT2D eigenvalue weighted by molar-refractivity contribution is 0.0952. The summed E-state index contributed by atoms with van der Waals surface area (Å²) in [6.45, 7) is 3.22. The molecule has 90 valence electrons. The molecule has 0 heterocycles. The third-order valence-electron chi connectivity index (χ3n) is 2.03. The van der Waals surface area contributed by atoms with Crippen molar-refractivity contribution < 1.29 is 4.79 Å². The molecule has 0 bridgehead atoms. The van der Waals surface area contributed by atoms with E-state index >= 15 is 0 Å². The largest absolute Gasteiger partial charge is 0.352 e. The third-order valence-corrected chi connectivity index (χ3v) is 2.97. The van der Waals surface area contributed by atoms with Crippen LogP contribution in [0.3, 0.4) is 0 Å². The Morgan fingerprint density at radius 1 is 1.50 bits per heavy atom. The van der Waals surface area contributed by atoms with E-state index in [1.54, 1.807) is 0 Å². The van der Waals surface area contributed by atoms with Gasteiger partial charge in [-0.2, -0.15) is 0 Å². The van der Waals surface area contributed by atoms with Gasteiger partial charge in [-0.15, -0.1) is 12.4 Å². The fourth-order valence-electron chi connectivity index (χ4n) is 1.21. The highest BCUT2D eigenvalue weighted by Gasteiger charge is 2.08. The molecule has 3 N–H and O–H groups in total. The van der Waals surface area contributed by atoms with Crippen molar-refractivity contribution in [3.05, 3.63) is 32.9 Å². The van der Waals surface area contributed by atoms with Gasteiger partial charge in [-0.1, -0.05) is 11.6 Å². The van der Waals surface area contributed by atoms with Crippen molar-refractivity contribution in [2.24, 2.45) is 5.73 Å². The third kappa shape index (κ3) is 4.67. The summed E-state index contributed by atoms with van der Waals surface area (Å²) in [7, 11) is 0. The van der Waals surface area contributed by atoms with E-state index in [0.717, 1.165) is 21.1 Å². The summed E-state index contributed by atoms with van der Waals surface area (Å²) < 4.78 is 0.975. The standard InChI is InChI=1S/C11H15IN2O.ClH/c1-8-3-4-10(12)9(7-8)11(15)14-6-2-5-13;/h3-4,7H,2,5-6,13H2,1H3,(H,14,15);1H. The molecule has 0 aliphatic carbocycles. The second-order valence-corrected chi connectivity index (χ2v) is 4.54. The van der Waals surface area contributed by atoms with Crippen LogP contribution in [0.1, 0.15) is 22.3 Å². The molecule has 16 heavy (non-hydrogen) atoms. The number of benzene rings is 1. The van der Waals surface area contributed by atoms with E-state index in [0.29, 0.717) is 13.1 Å². The first kappa shape index (κ1) is 15.7. The topological polar surface area (TPSA) is 55.1 Å². The lowest BCUT2D eigenvalue weighted by Gasteiger charge is -2.06. The fourth-order valence-corrected chi connectivity index (χ4v) is 1.79. The molecule has 1 aromatic rings. The van der Waals surface area contributed by atoms with Gasteiger partial charge in [0.1, 0.15) is 0 Å². The molecular weight excluding hydrogens is 338 g/mol. The van der Waals surface area contributed by atoms with Crippen LogP contribution in [0.25, 0.3) is 0 Å². The zero-order chi connectivity index (χ0) is 11.3. The van der Waals surface area contributed by atoms with Gasteiger partial charge in [0.2, 0.25) is 0 Å². The number of rotatable bonds is 4. The molecule has 5 heteroatoms. The van der Waals surface area contributed by atoms with Crippen LogP contribution in [0.4, 0.5) is 0 Å². The van der Waals surface area contributed by atoms with Crippen LogP contribution in [-0.4, -0.2) is 19.0 Å². The van der Waals surface area contributed by atoms with Gasteiger partial charge in [-0.05, 0) is 54.6 Å². The van der Waals surface area contributed by atoms with Crippen LogP contribution in [0.15, 0.2) is 18.2 Å². The first-order valence-corrected chi connectivity index (χ1v) is 5.97. The molecule has 0 saturated carbocycles. The minimum Gasteiger partial charge on any atom is -0.352 e. The van der Waals surface area contributed by atoms with Crippen LogP contribution < -0.4 is 11.1 Å². The molecule has 3 nitrogen and oxygen atoms in total. The summed E-state index contributed by atoms with van der Waals surface area (Å²) in [5.41, 5.74) is 7.19. The van der Waals surface area contributed by atoms with E-state index in [9.17, 15) is 4.79 Å². The van der Waals surface area contributed by atoms with Crippen LogP contribution in [0, 0.1) is 10.5 Å². The summed E-state index contributed by atoms with van der Waals surface area (Å²) >= 11 is 2.17. The highest BCUT2D eigenvalue weighted by atomic mass is 127. The smallest absolute Gasteiger partial charge is 0.252 e. The number of carbonyl (C=O) groups excluding carboxylic acids is 1. The second-order valence-electron chi connectivity index (χ2n) is 3.38. The van der Waals surface area contributed by atoms with Gasteiger partial charge >= 0.3 is 0 Å². The Kier molecular flexibility index (Phi) is 7.70. The SMILES string of the molecule is Cc1ccc(I)c(C(=O)NCCCN)c1.Cl. The molecular formula is C11H16ClIN2O. The molecule has 0 aliphatic rings. The molecule has 0 spiro atoms. The summed E-state index contributed by atoms with van der Waals surface area (Å²) in [6.07, 6.45) is 0.814. The van der Waals surface area contributed by atoms with Crippen LogP contribution >= 0.6 is 35.0 Å². The Morgan fingerprint density at radius 3 is 2.81 bits per heavy atom. The van der Waals surface area contributed by atoms with Crippen LogP contribution in [-0.2, 0) is 0 Å². The van der Waals surface area contributed by atoms with Crippen molar-refractivity contribution in [2.45, 2.75) is 13.3 Å². The van der Waals surface area contributed by atoms with E-state index in [2.05, 4.69) is 27.9 Å². The van der Waals surface area contributed by atoms with Crippen LogP contribution in [0.5, 0.6) is 0 Å². The van der Waals surface area contributed by atoms with Gasteiger partial charge < -0.3 is 11.1 Å². The minimum absolute atomic E-state index is 0. The second kappa shape index (κ2) is 7.86. The predicted molar refractivity (Wildman–Crippen MR) is 77.1 cm³/mol. The number of hydrogen-bond donors (Lipinski definition) is 2. The number of aryl methyl sites for hydroxylation is 1. The van der Waals surface area contributed by atoms with Crippen molar-refractivity contribution >= 4 is 40.9 Å².